The number of benzene rings is 1. The first-order chi connectivity index (χ1) is 8.95. The molecule has 0 saturated carbocycles. The van der Waals surface area contributed by atoms with Gasteiger partial charge in [-0.05, 0) is 76.4 Å². The number of nitrogens with zero attached hydrogens (tertiary/aromatic N) is 1. The van der Waals surface area contributed by atoms with Crippen LogP contribution in [0.5, 0.6) is 5.75 Å². The summed E-state index contributed by atoms with van der Waals surface area (Å²) in [7, 11) is 0. The fourth-order valence-corrected chi connectivity index (χ4v) is 3.31. The van der Waals surface area contributed by atoms with Gasteiger partial charge in [-0.15, -0.1) is 0 Å². The number of aromatic hydroxyl groups is 1. The minimum atomic E-state index is 0.269. The molecule has 0 saturated heterocycles. The maximum Gasteiger partial charge on any atom is 0.143 e. The summed E-state index contributed by atoms with van der Waals surface area (Å²) in [5.74, 6) is 0.269. The highest BCUT2D eigenvalue weighted by molar-refractivity contribution is 9.11. The second kappa shape index (κ2) is 8.28. The Hall–Kier alpha value is -0.0600. The molecule has 0 bridgehead atoms. The van der Waals surface area contributed by atoms with Crippen LogP contribution in [0.2, 0.25) is 0 Å². The van der Waals surface area contributed by atoms with Crippen LogP contribution in [0.4, 0.5) is 0 Å². The number of phenols is 1. The van der Waals surface area contributed by atoms with Crippen molar-refractivity contribution in [2.45, 2.75) is 52.6 Å². The average Bonchev–Trinajstić information content (AvgIpc) is 2.34. The van der Waals surface area contributed by atoms with Gasteiger partial charge in [0.05, 0.1) is 8.95 Å². The van der Waals surface area contributed by atoms with Gasteiger partial charge in [-0.3, -0.25) is 4.90 Å². The molecule has 0 spiro atoms. The summed E-state index contributed by atoms with van der Waals surface area (Å²) in [6.45, 7) is 8.74. The van der Waals surface area contributed by atoms with E-state index in [-0.39, 0.29) is 5.75 Å². The lowest BCUT2D eigenvalue weighted by Crippen LogP contribution is -2.31. The Kier molecular flexibility index (Phi) is 7.40. The number of rotatable bonds is 7. The molecule has 0 radical (unpaired) electrons. The lowest BCUT2D eigenvalue weighted by molar-refractivity contribution is 0.208. The molecule has 0 heterocycles. The molecule has 0 aliphatic rings. The zero-order valence-corrected chi connectivity index (χ0v) is 15.1. The van der Waals surface area contributed by atoms with Crippen molar-refractivity contribution in [1.82, 2.24) is 4.90 Å². The fourth-order valence-electron chi connectivity index (χ4n) is 2.03. The molecular formula is C15H23Br2NO. The second-order valence-electron chi connectivity index (χ2n) is 5.18. The molecule has 1 rings (SSSR count). The van der Waals surface area contributed by atoms with Gasteiger partial charge in [0.2, 0.25) is 0 Å². The molecule has 1 aromatic rings. The zero-order valence-electron chi connectivity index (χ0n) is 11.9. The van der Waals surface area contributed by atoms with Gasteiger partial charge in [0.15, 0.2) is 0 Å². The van der Waals surface area contributed by atoms with Gasteiger partial charge < -0.3 is 5.11 Å². The molecule has 0 atom stereocenters. The van der Waals surface area contributed by atoms with E-state index in [9.17, 15) is 5.11 Å². The lowest BCUT2D eigenvalue weighted by atomic mass is 10.1. The first-order valence-corrected chi connectivity index (χ1v) is 8.45. The Morgan fingerprint density at radius 3 is 2.21 bits per heavy atom. The van der Waals surface area contributed by atoms with Gasteiger partial charge >= 0.3 is 0 Å². The molecule has 1 N–H and O–H groups in total. The summed E-state index contributed by atoms with van der Waals surface area (Å²) in [5, 5.41) is 9.74. The molecule has 0 aromatic heterocycles. The van der Waals surface area contributed by atoms with Crippen molar-refractivity contribution in [3.05, 3.63) is 26.6 Å². The van der Waals surface area contributed by atoms with E-state index in [1.807, 2.05) is 12.1 Å². The SMILES string of the molecule is CCCCCN(Cc1cc(Br)c(O)c(Br)c1)C(C)C. The smallest absolute Gasteiger partial charge is 0.143 e. The Morgan fingerprint density at radius 1 is 1.16 bits per heavy atom. The lowest BCUT2D eigenvalue weighted by Gasteiger charge is -2.26. The van der Waals surface area contributed by atoms with Crippen LogP contribution in [0.1, 0.15) is 45.6 Å². The van der Waals surface area contributed by atoms with Crippen molar-refractivity contribution in [3.8, 4) is 5.75 Å². The normalized spacial score (nSPS) is 11.5. The third-order valence-electron chi connectivity index (χ3n) is 3.24. The van der Waals surface area contributed by atoms with Crippen LogP contribution in [0.25, 0.3) is 0 Å². The van der Waals surface area contributed by atoms with E-state index in [0.717, 1.165) is 22.0 Å². The Labute approximate surface area is 133 Å². The highest BCUT2D eigenvalue weighted by Crippen LogP contribution is 2.33. The predicted octanol–water partition coefficient (Wildman–Crippen LogP) is 5.32. The third kappa shape index (κ3) is 5.44. The molecule has 4 heteroatoms. The number of hydrogen-bond acceptors (Lipinski definition) is 2. The van der Waals surface area contributed by atoms with E-state index in [4.69, 9.17) is 0 Å². The molecular weight excluding hydrogens is 370 g/mol. The number of phenolic OH excluding ortho intramolecular Hbond substituents is 1. The summed E-state index contributed by atoms with van der Waals surface area (Å²) in [6, 6.07) is 4.52. The molecule has 0 unspecified atom stereocenters. The summed E-state index contributed by atoms with van der Waals surface area (Å²) < 4.78 is 1.49. The first-order valence-electron chi connectivity index (χ1n) is 6.86. The van der Waals surface area contributed by atoms with E-state index < -0.39 is 0 Å². The fraction of sp³-hybridized carbons (Fsp3) is 0.600. The summed E-state index contributed by atoms with van der Waals surface area (Å²) in [4.78, 5) is 2.47. The molecule has 0 amide bonds. The Morgan fingerprint density at radius 2 is 1.74 bits per heavy atom. The van der Waals surface area contributed by atoms with Crippen molar-refractivity contribution >= 4 is 31.9 Å². The van der Waals surface area contributed by atoms with Crippen LogP contribution in [0.3, 0.4) is 0 Å². The third-order valence-corrected chi connectivity index (χ3v) is 4.45. The largest absolute Gasteiger partial charge is 0.506 e. The highest BCUT2D eigenvalue weighted by atomic mass is 79.9. The molecule has 2 nitrogen and oxygen atoms in total. The maximum absolute atomic E-state index is 9.74. The Balaban J connectivity index is 2.73. The maximum atomic E-state index is 9.74. The van der Waals surface area contributed by atoms with Crippen LogP contribution < -0.4 is 0 Å². The van der Waals surface area contributed by atoms with Crippen molar-refractivity contribution in [3.63, 3.8) is 0 Å². The van der Waals surface area contributed by atoms with Gasteiger partial charge in [-0.25, -0.2) is 0 Å². The van der Waals surface area contributed by atoms with E-state index in [2.05, 4.69) is 57.5 Å². The van der Waals surface area contributed by atoms with Crippen LogP contribution in [0.15, 0.2) is 21.1 Å². The Bertz CT molecular complexity index is 384. The van der Waals surface area contributed by atoms with E-state index in [1.165, 1.54) is 24.8 Å². The van der Waals surface area contributed by atoms with Crippen LogP contribution >= 0.6 is 31.9 Å². The van der Waals surface area contributed by atoms with Crippen molar-refractivity contribution in [1.29, 1.82) is 0 Å². The first kappa shape index (κ1) is 17.0. The molecule has 1 aromatic carbocycles. The number of halogens is 2. The summed E-state index contributed by atoms with van der Waals surface area (Å²) in [5.41, 5.74) is 1.21. The summed E-state index contributed by atoms with van der Waals surface area (Å²) in [6.07, 6.45) is 3.78. The van der Waals surface area contributed by atoms with E-state index in [1.54, 1.807) is 0 Å². The van der Waals surface area contributed by atoms with Crippen molar-refractivity contribution in [2.75, 3.05) is 6.54 Å². The quantitative estimate of drug-likeness (QED) is 0.634. The van der Waals surface area contributed by atoms with Crippen molar-refractivity contribution < 1.29 is 5.11 Å². The van der Waals surface area contributed by atoms with Gasteiger partial charge in [0.1, 0.15) is 5.75 Å². The number of hydrogen-bond donors (Lipinski definition) is 1. The van der Waals surface area contributed by atoms with Crippen LogP contribution in [-0.4, -0.2) is 22.6 Å². The minimum absolute atomic E-state index is 0.269. The molecule has 0 aliphatic heterocycles. The van der Waals surface area contributed by atoms with Gasteiger partial charge in [-0.1, -0.05) is 19.8 Å². The minimum Gasteiger partial charge on any atom is -0.506 e. The molecule has 108 valence electrons. The monoisotopic (exact) mass is 391 g/mol. The highest BCUT2D eigenvalue weighted by Gasteiger charge is 2.12. The summed E-state index contributed by atoms with van der Waals surface area (Å²) >= 11 is 6.78. The van der Waals surface area contributed by atoms with Crippen LogP contribution in [-0.2, 0) is 6.54 Å². The van der Waals surface area contributed by atoms with Gasteiger partial charge in [0, 0.05) is 12.6 Å². The van der Waals surface area contributed by atoms with E-state index in [0.29, 0.717) is 6.04 Å². The molecule has 19 heavy (non-hydrogen) atoms. The van der Waals surface area contributed by atoms with Gasteiger partial charge in [0.25, 0.3) is 0 Å². The average molecular weight is 393 g/mol. The van der Waals surface area contributed by atoms with Crippen LogP contribution in [0, 0.1) is 0 Å². The predicted molar refractivity (Wildman–Crippen MR) is 88.6 cm³/mol. The number of unbranched alkanes of at least 4 members (excludes halogenated alkanes) is 2. The van der Waals surface area contributed by atoms with Crippen molar-refractivity contribution in [2.24, 2.45) is 0 Å². The van der Waals surface area contributed by atoms with E-state index >= 15 is 0 Å². The topological polar surface area (TPSA) is 23.5 Å². The second-order valence-corrected chi connectivity index (χ2v) is 6.89. The van der Waals surface area contributed by atoms with Gasteiger partial charge in [-0.2, -0.15) is 0 Å². The molecule has 0 fully saturated rings. The standard InChI is InChI=1S/C15H23Br2NO/c1-4-5-6-7-18(11(2)3)10-12-8-13(16)15(19)14(17)9-12/h8-9,11,19H,4-7,10H2,1-3H3. The molecule has 0 aliphatic carbocycles. The zero-order chi connectivity index (χ0) is 14.4.